The summed E-state index contributed by atoms with van der Waals surface area (Å²) >= 11 is 0. The van der Waals surface area contributed by atoms with Gasteiger partial charge in [0.2, 0.25) is 9.84 Å². The second-order valence-corrected chi connectivity index (χ2v) is 5.38. The van der Waals surface area contributed by atoms with Crippen molar-refractivity contribution in [3.05, 3.63) is 46.9 Å². The Kier molecular flexibility index (Phi) is 2.51. The maximum absolute atomic E-state index is 11.9. The van der Waals surface area contributed by atoms with E-state index in [-0.39, 0.29) is 4.91 Å². The molecule has 0 spiro atoms. The number of allylic oxidation sites excluding steroid dienone is 2. The minimum absolute atomic E-state index is 0.0396. The van der Waals surface area contributed by atoms with Gasteiger partial charge in [-0.1, -0.05) is 12.1 Å². The molecule has 2 rings (SSSR count). The summed E-state index contributed by atoms with van der Waals surface area (Å²) in [5.74, 6) is -1.46. The van der Waals surface area contributed by atoms with Crippen LogP contribution in [0.15, 0.2) is 41.3 Å². The Balaban J connectivity index is 2.50. The zero-order valence-electron chi connectivity index (χ0n) is 8.62. The lowest BCUT2D eigenvalue weighted by Gasteiger charge is -2.05. The first-order valence-electron chi connectivity index (χ1n) is 4.69. The van der Waals surface area contributed by atoms with E-state index in [0.29, 0.717) is 11.3 Å². The summed E-state index contributed by atoms with van der Waals surface area (Å²) in [6, 6.07) is 6.29. The molecule has 0 aromatic heterocycles. The molecule has 0 unspecified atom stereocenters. The van der Waals surface area contributed by atoms with Gasteiger partial charge in [0.25, 0.3) is 0 Å². The number of benzene rings is 1. The van der Waals surface area contributed by atoms with E-state index in [9.17, 15) is 13.2 Å². The molecule has 17 heavy (non-hydrogen) atoms. The molecule has 0 amide bonds. The molecule has 0 aliphatic carbocycles. The minimum atomic E-state index is -3.93. The van der Waals surface area contributed by atoms with Crippen LogP contribution in [0.2, 0.25) is 0 Å². The van der Waals surface area contributed by atoms with Crippen LogP contribution >= 0.6 is 0 Å². The highest BCUT2D eigenvalue weighted by Crippen LogP contribution is 2.32. The van der Waals surface area contributed by atoms with E-state index in [0.717, 1.165) is 6.08 Å². The number of carboxylic acid groups (broad SMARTS) is 1. The van der Waals surface area contributed by atoms with E-state index >= 15 is 0 Å². The standard InChI is InChI=1S/C11H9NO4S/c12-8-3-1-2-7(6-8)9-4-5-10(11(13)14)17(9,15)16/h1-6H,12H2,(H,13,14). The van der Waals surface area contributed by atoms with Crippen LogP contribution in [0.1, 0.15) is 5.56 Å². The largest absolute Gasteiger partial charge is 0.477 e. The van der Waals surface area contributed by atoms with E-state index in [2.05, 4.69) is 0 Å². The lowest BCUT2D eigenvalue weighted by molar-refractivity contribution is -0.131. The number of nitrogens with two attached hydrogens (primary N) is 1. The van der Waals surface area contributed by atoms with Crippen LogP contribution in [-0.4, -0.2) is 19.5 Å². The molecule has 0 radical (unpaired) electrons. The Labute approximate surface area is 97.8 Å². The SMILES string of the molecule is Nc1cccc(C2=CC=C(C(=O)O)S2(=O)=O)c1. The molecule has 0 atom stereocenters. The molecule has 1 aliphatic rings. The monoisotopic (exact) mass is 251 g/mol. The van der Waals surface area contributed by atoms with Crippen molar-refractivity contribution in [3.8, 4) is 0 Å². The van der Waals surface area contributed by atoms with Crippen LogP contribution in [0.25, 0.3) is 4.91 Å². The normalized spacial score (nSPS) is 17.4. The van der Waals surface area contributed by atoms with Crippen molar-refractivity contribution in [2.45, 2.75) is 0 Å². The molecule has 6 heteroatoms. The van der Waals surface area contributed by atoms with Crippen molar-refractivity contribution in [2.24, 2.45) is 0 Å². The Hall–Kier alpha value is -2.08. The molecule has 3 N–H and O–H groups in total. The molecule has 1 aliphatic heterocycles. The average Bonchev–Trinajstić information content (AvgIpc) is 2.53. The lowest BCUT2D eigenvalue weighted by Crippen LogP contribution is -2.11. The second kappa shape index (κ2) is 3.74. The summed E-state index contributed by atoms with van der Waals surface area (Å²) < 4.78 is 23.8. The zero-order chi connectivity index (χ0) is 12.6. The molecule has 1 aromatic carbocycles. The number of hydrogen-bond acceptors (Lipinski definition) is 4. The fourth-order valence-electron chi connectivity index (χ4n) is 1.58. The van der Waals surface area contributed by atoms with Gasteiger partial charge in [0.05, 0.1) is 4.91 Å². The minimum Gasteiger partial charge on any atom is -0.477 e. The highest BCUT2D eigenvalue weighted by Gasteiger charge is 2.33. The van der Waals surface area contributed by atoms with Crippen LogP contribution in [0, 0.1) is 0 Å². The number of carbonyl (C=O) groups is 1. The number of nitrogen functional groups attached to an aromatic ring is 1. The second-order valence-electron chi connectivity index (χ2n) is 3.50. The van der Waals surface area contributed by atoms with Crippen LogP contribution in [-0.2, 0) is 14.6 Å². The van der Waals surface area contributed by atoms with Crippen molar-refractivity contribution >= 4 is 26.4 Å². The maximum Gasteiger partial charge on any atom is 0.347 e. The summed E-state index contributed by atoms with van der Waals surface area (Å²) in [5, 5.41) is 8.76. The van der Waals surface area contributed by atoms with Crippen LogP contribution in [0.5, 0.6) is 0 Å². The van der Waals surface area contributed by atoms with Crippen molar-refractivity contribution in [3.63, 3.8) is 0 Å². The molecular weight excluding hydrogens is 242 g/mol. The number of aliphatic carboxylic acids is 1. The van der Waals surface area contributed by atoms with Crippen molar-refractivity contribution < 1.29 is 18.3 Å². The van der Waals surface area contributed by atoms with E-state index in [1.807, 2.05) is 0 Å². The molecule has 0 saturated carbocycles. The number of carboxylic acids is 1. The van der Waals surface area contributed by atoms with E-state index in [4.69, 9.17) is 10.8 Å². The maximum atomic E-state index is 11.9. The van der Waals surface area contributed by atoms with E-state index in [1.165, 1.54) is 12.1 Å². The molecule has 1 heterocycles. The predicted octanol–water partition coefficient (Wildman–Crippen LogP) is 1.01. The third kappa shape index (κ3) is 1.83. The van der Waals surface area contributed by atoms with Gasteiger partial charge in [0, 0.05) is 5.69 Å². The molecule has 0 fully saturated rings. The Morgan fingerprint density at radius 2 is 1.94 bits per heavy atom. The van der Waals surface area contributed by atoms with Gasteiger partial charge in [-0.25, -0.2) is 13.2 Å². The summed E-state index contributed by atoms with van der Waals surface area (Å²) in [5.41, 5.74) is 6.36. The van der Waals surface area contributed by atoms with E-state index < -0.39 is 20.7 Å². The first-order valence-corrected chi connectivity index (χ1v) is 6.17. The Morgan fingerprint density at radius 3 is 2.47 bits per heavy atom. The summed E-state index contributed by atoms with van der Waals surface area (Å²) in [6.07, 6.45) is 2.35. The fraction of sp³-hybridized carbons (Fsp3) is 0. The van der Waals surface area contributed by atoms with Crippen molar-refractivity contribution in [2.75, 3.05) is 5.73 Å². The van der Waals surface area contributed by atoms with Gasteiger partial charge < -0.3 is 10.8 Å². The van der Waals surface area contributed by atoms with Crippen molar-refractivity contribution in [1.82, 2.24) is 0 Å². The molecular formula is C11H9NO4S. The zero-order valence-corrected chi connectivity index (χ0v) is 9.44. The third-order valence-electron chi connectivity index (χ3n) is 2.35. The first kappa shape index (κ1) is 11.4. The summed E-state index contributed by atoms with van der Waals surface area (Å²) in [6.45, 7) is 0. The Bertz CT molecular complexity index is 656. The highest BCUT2D eigenvalue weighted by molar-refractivity contribution is 8.05. The highest BCUT2D eigenvalue weighted by atomic mass is 32.2. The predicted molar refractivity (Wildman–Crippen MR) is 63.5 cm³/mol. The molecule has 0 saturated heterocycles. The van der Waals surface area contributed by atoms with Crippen molar-refractivity contribution in [1.29, 1.82) is 0 Å². The van der Waals surface area contributed by atoms with Crippen LogP contribution in [0.3, 0.4) is 0 Å². The van der Waals surface area contributed by atoms with Gasteiger partial charge in [-0.2, -0.15) is 0 Å². The van der Waals surface area contributed by atoms with Gasteiger partial charge in [-0.3, -0.25) is 0 Å². The first-order chi connectivity index (χ1) is 7.93. The average molecular weight is 251 g/mol. The number of sulfone groups is 1. The molecule has 0 bridgehead atoms. The quantitative estimate of drug-likeness (QED) is 0.764. The number of hydrogen-bond donors (Lipinski definition) is 2. The fourth-order valence-corrected chi connectivity index (χ4v) is 2.98. The van der Waals surface area contributed by atoms with Crippen LogP contribution in [0.4, 0.5) is 5.69 Å². The van der Waals surface area contributed by atoms with Gasteiger partial charge in [-0.05, 0) is 29.8 Å². The third-order valence-corrected chi connectivity index (χ3v) is 4.19. The van der Waals surface area contributed by atoms with Crippen LogP contribution < -0.4 is 5.73 Å². The summed E-state index contributed by atoms with van der Waals surface area (Å²) in [7, 11) is -3.93. The van der Waals surface area contributed by atoms with Gasteiger partial charge in [0.15, 0.2) is 4.91 Å². The molecule has 5 nitrogen and oxygen atoms in total. The topological polar surface area (TPSA) is 97.5 Å². The van der Waals surface area contributed by atoms with Gasteiger partial charge >= 0.3 is 5.97 Å². The molecule has 1 aromatic rings. The number of anilines is 1. The Morgan fingerprint density at radius 1 is 1.24 bits per heavy atom. The number of rotatable bonds is 2. The van der Waals surface area contributed by atoms with E-state index in [1.54, 1.807) is 18.2 Å². The van der Waals surface area contributed by atoms with Gasteiger partial charge in [-0.15, -0.1) is 0 Å². The lowest BCUT2D eigenvalue weighted by atomic mass is 10.2. The summed E-state index contributed by atoms with van der Waals surface area (Å²) in [4.78, 5) is 10.1. The smallest absolute Gasteiger partial charge is 0.347 e. The van der Waals surface area contributed by atoms with Gasteiger partial charge in [0.1, 0.15) is 0 Å². The molecule has 88 valence electrons.